The summed E-state index contributed by atoms with van der Waals surface area (Å²) < 4.78 is 29.2. The van der Waals surface area contributed by atoms with Gasteiger partial charge in [0.05, 0.1) is 5.25 Å². The van der Waals surface area contributed by atoms with Crippen LogP contribution in [0.2, 0.25) is 0 Å². The molecule has 1 fully saturated rings. The summed E-state index contributed by atoms with van der Waals surface area (Å²) >= 11 is 1.20. The Hall–Kier alpha value is -0.860. The van der Waals surface area contributed by atoms with Gasteiger partial charge in [-0.1, -0.05) is 0 Å². The molecule has 120 valence electrons. The van der Waals surface area contributed by atoms with Gasteiger partial charge in [0.2, 0.25) is 0 Å². The first-order valence-corrected chi connectivity index (χ1v) is 9.58. The number of rotatable bonds is 8. The molecule has 0 spiro atoms. The van der Waals surface area contributed by atoms with Crippen LogP contribution in [0.25, 0.3) is 0 Å². The van der Waals surface area contributed by atoms with Crippen molar-refractivity contribution < 1.29 is 8.42 Å². The molecule has 0 aliphatic heterocycles. The van der Waals surface area contributed by atoms with Gasteiger partial charge >= 0.3 is 0 Å². The normalized spacial score (nSPS) is 15.6. The fraction of sp³-hybridized carbons (Fsp3) is 0.769. The van der Waals surface area contributed by atoms with Crippen molar-refractivity contribution >= 4 is 32.2 Å². The fourth-order valence-electron chi connectivity index (χ4n) is 2.28. The topological polar surface area (TPSA) is 79.5 Å². The molecular weight excluding hydrogens is 308 g/mol. The predicted octanol–water partition coefficient (Wildman–Crippen LogP) is 1.44. The van der Waals surface area contributed by atoms with Crippen LogP contribution in [-0.2, 0) is 9.84 Å². The quantitative estimate of drug-likeness (QED) is 0.776. The zero-order valence-corrected chi connectivity index (χ0v) is 14.5. The molecule has 0 atom stereocenters. The molecule has 0 aromatic carbocycles. The third kappa shape index (κ3) is 3.67. The molecule has 8 heteroatoms. The lowest BCUT2D eigenvalue weighted by atomic mass is 10.3. The smallest absolute Gasteiger partial charge is 0.187 e. The van der Waals surface area contributed by atoms with Crippen molar-refractivity contribution in [2.75, 3.05) is 44.4 Å². The highest BCUT2D eigenvalue weighted by Gasteiger charge is 2.41. The standard InChI is InChI=1S/C13H24N4O2S2/c1-4-17(9-5-8-16(2)3)13-11(12(14)15-20-13)21(18,19)10-6-7-10/h10H,4-9H2,1-3H3,(H2,14,15). The molecular formula is C13H24N4O2S2. The monoisotopic (exact) mass is 332 g/mol. The molecule has 0 saturated heterocycles. The first-order chi connectivity index (χ1) is 9.87. The van der Waals surface area contributed by atoms with E-state index in [0.29, 0.717) is 5.00 Å². The molecule has 1 aromatic rings. The second-order valence-electron chi connectivity index (χ2n) is 5.68. The molecule has 21 heavy (non-hydrogen) atoms. The van der Waals surface area contributed by atoms with Crippen molar-refractivity contribution in [2.24, 2.45) is 0 Å². The van der Waals surface area contributed by atoms with E-state index in [1.54, 1.807) is 0 Å². The second-order valence-corrected chi connectivity index (χ2v) is 8.60. The third-order valence-corrected chi connectivity index (χ3v) is 6.98. The Morgan fingerprint density at radius 1 is 1.33 bits per heavy atom. The summed E-state index contributed by atoms with van der Waals surface area (Å²) in [5.41, 5.74) is 5.85. The maximum absolute atomic E-state index is 12.6. The Balaban J connectivity index is 2.22. The number of nitrogen functional groups attached to an aromatic ring is 1. The van der Waals surface area contributed by atoms with E-state index in [-0.39, 0.29) is 16.0 Å². The fourth-order valence-corrected chi connectivity index (χ4v) is 5.40. The number of nitrogens with two attached hydrogens (primary N) is 1. The number of aromatic nitrogens is 1. The minimum Gasteiger partial charge on any atom is -0.382 e. The van der Waals surface area contributed by atoms with E-state index in [1.165, 1.54) is 11.5 Å². The third-order valence-electron chi connectivity index (χ3n) is 3.61. The van der Waals surface area contributed by atoms with Crippen LogP contribution in [0.4, 0.5) is 10.8 Å². The van der Waals surface area contributed by atoms with Gasteiger partial charge in [-0.05, 0) is 58.4 Å². The summed E-state index contributed by atoms with van der Waals surface area (Å²) in [6.45, 7) is 4.56. The summed E-state index contributed by atoms with van der Waals surface area (Å²) in [6.07, 6.45) is 2.45. The second kappa shape index (κ2) is 6.50. The molecule has 1 aromatic heterocycles. The summed E-state index contributed by atoms with van der Waals surface area (Å²) in [5.74, 6) is 0.160. The van der Waals surface area contributed by atoms with Crippen LogP contribution in [0, 0.1) is 0 Å². The highest BCUT2D eigenvalue weighted by molar-refractivity contribution is 7.92. The van der Waals surface area contributed by atoms with E-state index in [0.717, 1.165) is 38.9 Å². The van der Waals surface area contributed by atoms with Gasteiger partial charge < -0.3 is 15.5 Å². The van der Waals surface area contributed by atoms with Crippen molar-refractivity contribution in [3.63, 3.8) is 0 Å². The molecule has 2 rings (SSSR count). The molecule has 1 saturated carbocycles. The average Bonchev–Trinajstić information content (AvgIpc) is 3.19. The van der Waals surface area contributed by atoms with E-state index in [4.69, 9.17) is 5.73 Å². The van der Waals surface area contributed by atoms with Crippen LogP contribution in [-0.4, -0.2) is 56.7 Å². The Morgan fingerprint density at radius 2 is 2.00 bits per heavy atom. The van der Waals surface area contributed by atoms with Gasteiger partial charge in [0, 0.05) is 13.1 Å². The van der Waals surface area contributed by atoms with Gasteiger partial charge in [0.1, 0.15) is 9.90 Å². The van der Waals surface area contributed by atoms with Gasteiger partial charge in [-0.15, -0.1) is 0 Å². The summed E-state index contributed by atoms with van der Waals surface area (Å²) in [4.78, 5) is 4.46. The number of sulfone groups is 1. The van der Waals surface area contributed by atoms with Crippen LogP contribution in [0.3, 0.4) is 0 Å². The molecule has 0 unspecified atom stereocenters. The molecule has 1 heterocycles. The van der Waals surface area contributed by atoms with Crippen LogP contribution < -0.4 is 10.6 Å². The summed E-state index contributed by atoms with van der Waals surface area (Å²) in [6, 6.07) is 0. The number of nitrogens with zero attached hydrogens (tertiary/aromatic N) is 3. The summed E-state index contributed by atoms with van der Waals surface area (Å²) in [7, 11) is 0.754. The van der Waals surface area contributed by atoms with Crippen LogP contribution >= 0.6 is 11.5 Å². The van der Waals surface area contributed by atoms with Gasteiger partial charge in [-0.2, -0.15) is 4.37 Å². The van der Waals surface area contributed by atoms with E-state index < -0.39 is 9.84 Å². The van der Waals surface area contributed by atoms with Crippen molar-refractivity contribution in [2.45, 2.75) is 36.3 Å². The highest BCUT2D eigenvalue weighted by atomic mass is 32.2. The molecule has 1 aliphatic carbocycles. The van der Waals surface area contributed by atoms with Crippen molar-refractivity contribution in [3.8, 4) is 0 Å². The minimum absolute atomic E-state index is 0.160. The number of hydrogen-bond donors (Lipinski definition) is 1. The van der Waals surface area contributed by atoms with Gasteiger partial charge in [-0.3, -0.25) is 0 Å². The van der Waals surface area contributed by atoms with Gasteiger partial charge in [-0.25, -0.2) is 8.42 Å². The van der Waals surface area contributed by atoms with Crippen molar-refractivity contribution in [1.82, 2.24) is 9.27 Å². The van der Waals surface area contributed by atoms with Gasteiger partial charge in [0.25, 0.3) is 0 Å². The lowest BCUT2D eigenvalue weighted by molar-refractivity contribution is 0.400. The average molecular weight is 332 g/mol. The zero-order valence-electron chi connectivity index (χ0n) is 12.9. The molecule has 0 radical (unpaired) electrons. The first kappa shape index (κ1) is 16.5. The largest absolute Gasteiger partial charge is 0.382 e. The zero-order chi connectivity index (χ0) is 15.6. The Morgan fingerprint density at radius 3 is 2.52 bits per heavy atom. The molecule has 0 bridgehead atoms. The maximum atomic E-state index is 12.6. The predicted molar refractivity (Wildman–Crippen MR) is 87.8 cm³/mol. The first-order valence-electron chi connectivity index (χ1n) is 7.26. The Bertz CT molecular complexity index is 579. The highest BCUT2D eigenvalue weighted by Crippen LogP contribution is 2.42. The molecule has 0 amide bonds. The maximum Gasteiger partial charge on any atom is 0.187 e. The van der Waals surface area contributed by atoms with Gasteiger partial charge in [0.15, 0.2) is 15.7 Å². The van der Waals surface area contributed by atoms with Crippen LogP contribution in [0.5, 0.6) is 0 Å². The molecule has 2 N–H and O–H groups in total. The van der Waals surface area contributed by atoms with E-state index in [2.05, 4.69) is 14.2 Å². The SMILES string of the molecule is CCN(CCCN(C)C)c1snc(N)c1S(=O)(=O)C1CC1. The molecule has 1 aliphatic rings. The summed E-state index contributed by atoms with van der Waals surface area (Å²) in [5, 5.41) is 0.455. The van der Waals surface area contributed by atoms with Crippen molar-refractivity contribution in [1.29, 1.82) is 0 Å². The number of anilines is 2. The van der Waals surface area contributed by atoms with Crippen LogP contribution in [0.15, 0.2) is 4.90 Å². The Kier molecular flexibility index (Phi) is 5.11. The lowest BCUT2D eigenvalue weighted by Gasteiger charge is -2.23. The number of hydrogen-bond acceptors (Lipinski definition) is 7. The van der Waals surface area contributed by atoms with E-state index in [1.807, 2.05) is 21.0 Å². The lowest BCUT2D eigenvalue weighted by Crippen LogP contribution is -2.27. The van der Waals surface area contributed by atoms with Crippen molar-refractivity contribution in [3.05, 3.63) is 0 Å². The van der Waals surface area contributed by atoms with Crippen LogP contribution in [0.1, 0.15) is 26.2 Å². The minimum atomic E-state index is -3.31. The van der Waals surface area contributed by atoms with E-state index >= 15 is 0 Å². The molecule has 6 nitrogen and oxygen atoms in total. The van der Waals surface area contributed by atoms with E-state index in [9.17, 15) is 8.42 Å². The Labute approximate surface area is 131 Å².